The van der Waals surface area contributed by atoms with E-state index in [1.807, 2.05) is 22.8 Å². The maximum absolute atomic E-state index is 14.5. The molecule has 2 unspecified atom stereocenters. The molecule has 0 saturated heterocycles. The number of nitrogens with zero attached hydrogens (tertiary/aromatic N) is 1. The second-order valence-corrected chi connectivity index (χ2v) is 17.6. The first-order chi connectivity index (χ1) is 31.1. The molecule has 2 aliphatic carbocycles. The van der Waals surface area contributed by atoms with Crippen LogP contribution in [0.25, 0.3) is 71.9 Å². The summed E-state index contributed by atoms with van der Waals surface area (Å²) in [6.07, 6.45) is 4.11. The molecule has 2 atom stereocenters. The molecule has 0 bridgehead atoms. The molecule has 1 heterocycles. The largest absolute Gasteiger partial charge is 0.276 e. The third-order valence-corrected chi connectivity index (χ3v) is 13.9. The smallest absolute Gasteiger partial charge is 0.263 e. The lowest BCUT2D eigenvalue weighted by Crippen LogP contribution is -2.19. The molecule has 9 aromatic carbocycles. The van der Waals surface area contributed by atoms with E-state index in [-0.39, 0.29) is 5.56 Å². The maximum Gasteiger partial charge on any atom is 0.263 e. The number of hydrogen-bond acceptors (Lipinski definition) is 1. The number of fused-ring (bicyclic) bond motifs is 9. The fraction of sp³-hybridized carbons (Fsp3) is 0.0984. The van der Waals surface area contributed by atoms with E-state index >= 15 is 0 Å². The Morgan fingerprint density at radius 3 is 1.65 bits per heavy atom. The van der Waals surface area contributed by atoms with Gasteiger partial charge in [0.1, 0.15) is 0 Å². The van der Waals surface area contributed by atoms with Crippen molar-refractivity contribution in [3.05, 3.63) is 256 Å². The number of hydrogen-bond donors (Lipinski definition) is 0. The highest BCUT2D eigenvalue weighted by atomic mass is 16.1. The van der Waals surface area contributed by atoms with Gasteiger partial charge >= 0.3 is 0 Å². The van der Waals surface area contributed by atoms with Crippen molar-refractivity contribution >= 4 is 21.7 Å². The summed E-state index contributed by atoms with van der Waals surface area (Å²) in [5, 5.41) is 2.75. The van der Waals surface area contributed by atoms with Gasteiger partial charge in [0.25, 0.3) is 5.56 Å². The van der Waals surface area contributed by atoms with Crippen LogP contribution in [0.3, 0.4) is 0 Å². The summed E-state index contributed by atoms with van der Waals surface area (Å²) in [6.45, 7) is 0. The van der Waals surface area contributed by atoms with Crippen molar-refractivity contribution in [2.24, 2.45) is 0 Å². The lowest BCUT2D eigenvalue weighted by Gasteiger charge is -2.28. The molecular weight excluding hydrogens is 763 g/mol. The third-order valence-electron chi connectivity index (χ3n) is 13.9. The Morgan fingerprint density at radius 2 is 0.905 bits per heavy atom. The minimum absolute atomic E-state index is 0.0103. The fourth-order valence-corrected chi connectivity index (χ4v) is 10.8. The van der Waals surface area contributed by atoms with Gasteiger partial charge in [-0.2, -0.15) is 0 Å². The topological polar surface area (TPSA) is 22.0 Å². The zero-order valence-corrected chi connectivity index (χ0v) is 35.0. The summed E-state index contributed by atoms with van der Waals surface area (Å²) in [5.74, 6) is 0.859. The minimum Gasteiger partial charge on any atom is -0.276 e. The van der Waals surface area contributed by atoms with Gasteiger partial charge in [0.2, 0.25) is 0 Å². The second-order valence-electron chi connectivity index (χ2n) is 17.6. The molecule has 63 heavy (non-hydrogen) atoms. The maximum atomic E-state index is 14.5. The third kappa shape index (κ3) is 6.62. The van der Waals surface area contributed by atoms with Crippen molar-refractivity contribution in [1.82, 2.24) is 4.57 Å². The average molecular weight is 808 g/mol. The van der Waals surface area contributed by atoms with Gasteiger partial charge in [0.05, 0.1) is 5.52 Å². The molecular formula is C61H45NO. The van der Waals surface area contributed by atoms with Crippen molar-refractivity contribution in [1.29, 1.82) is 0 Å². The van der Waals surface area contributed by atoms with Gasteiger partial charge in [-0.1, -0.05) is 170 Å². The van der Waals surface area contributed by atoms with Crippen LogP contribution in [0.4, 0.5) is 0 Å². The summed E-state index contributed by atoms with van der Waals surface area (Å²) >= 11 is 0. The van der Waals surface area contributed by atoms with Crippen molar-refractivity contribution in [3.8, 4) is 50.2 Å². The Bertz CT molecular complexity index is 3410. The van der Waals surface area contributed by atoms with E-state index < -0.39 is 0 Å². The SMILES string of the molecule is O=c1c2ccccc2c2cc(-c3ccc4c(c3)-c3ccccc3C(Cc3ccccc3)C4)ccc2n1-c1ccc(-c2ccc3c(c2)-c2ccccc2CC3Cc2ccccc2)cc1. The van der Waals surface area contributed by atoms with E-state index in [2.05, 4.69) is 194 Å². The predicted molar refractivity (Wildman–Crippen MR) is 262 cm³/mol. The van der Waals surface area contributed by atoms with E-state index in [0.29, 0.717) is 17.2 Å². The van der Waals surface area contributed by atoms with Gasteiger partial charge in [-0.3, -0.25) is 9.36 Å². The second kappa shape index (κ2) is 15.4. The summed E-state index contributed by atoms with van der Waals surface area (Å²) in [7, 11) is 0. The van der Waals surface area contributed by atoms with Gasteiger partial charge in [-0.15, -0.1) is 0 Å². The van der Waals surface area contributed by atoms with Crippen molar-refractivity contribution < 1.29 is 0 Å². The molecule has 0 radical (unpaired) electrons. The fourth-order valence-electron chi connectivity index (χ4n) is 10.8. The van der Waals surface area contributed by atoms with Crippen LogP contribution >= 0.6 is 0 Å². The van der Waals surface area contributed by atoms with E-state index in [4.69, 9.17) is 0 Å². The minimum atomic E-state index is -0.0103. The van der Waals surface area contributed by atoms with E-state index in [1.54, 1.807) is 0 Å². The quantitative estimate of drug-likeness (QED) is 0.147. The molecule has 2 aliphatic rings. The molecule has 2 nitrogen and oxygen atoms in total. The molecule has 1 aromatic heterocycles. The molecule has 0 aliphatic heterocycles. The van der Waals surface area contributed by atoms with Gasteiger partial charge in [-0.25, -0.2) is 0 Å². The highest BCUT2D eigenvalue weighted by molar-refractivity contribution is 6.07. The highest BCUT2D eigenvalue weighted by Gasteiger charge is 2.27. The van der Waals surface area contributed by atoms with Crippen molar-refractivity contribution in [3.63, 3.8) is 0 Å². The van der Waals surface area contributed by atoms with E-state index in [1.165, 1.54) is 66.8 Å². The number of pyridine rings is 1. The van der Waals surface area contributed by atoms with Crippen LogP contribution < -0.4 is 5.56 Å². The zero-order valence-electron chi connectivity index (χ0n) is 35.0. The van der Waals surface area contributed by atoms with Crippen molar-refractivity contribution in [2.45, 2.75) is 37.5 Å². The molecule has 10 aromatic rings. The number of benzene rings is 9. The van der Waals surface area contributed by atoms with E-state index in [9.17, 15) is 4.79 Å². The summed E-state index contributed by atoms with van der Waals surface area (Å²) in [6, 6.07) is 76.8. The monoisotopic (exact) mass is 807 g/mol. The number of rotatable bonds is 7. The normalized spacial score (nSPS) is 15.0. The number of aromatic nitrogens is 1. The molecule has 0 spiro atoms. The molecule has 300 valence electrons. The predicted octanol–water partition coefficient (Wildman–Crippen LogP) is 14.6. The van der Waals surface area contributed by atoms with E-state index in [0.717, 1.165) is 58.8 Å². The van der Waals surface area contributed by atoms with Gasteiger partial charge in [0, 0.05) is 16.5 Å². The van der Waals surface area contributed by atoms with Crippen LogP contribution in [0.1, 0.15) is 45.2 Å². The van der Waals surface area contributed by atoms with Crippen LogP contribution in [0.15, 0.2) is 217 Å². The molecule has 2 heteroatoms. The van der Waals surface area contributed by atoms with Crippen LogP contribution in [-0.4, -0.2) is 4.57 Å². The van der Waals surface area contributed by atoms with Crippen molar-refractivity contribution in [2.75, 3.05) is 0 Å². The Hall–Kier alpha value is -7.55. The molecule has 0 fully saturated rings. The van der Waals surface area contributed by atoms with Crippen LogP contribution in [0, 0.1) is 0 Å². The zero-order chi connectivity index (χ0) is 41.9. The first kappa shape index (κ1) is 37.2. The Labute approximate surface area is 368 Å². The Morgan fingerprint density at radius 1 is 0.381 bits per heavy atom. The molecule has 0 saturated carbocycles. The lowest BCUT2D eigenvalue weighted by atomic mass is 9.75. The molecule has 0 N–H and O–H groups in total. The van der Waals surface area contributed by atoms with Crippen LogP contribution in [-0.2, 0) is 25.7 Å². The van der Waals surface area contributed by atoms with Gasteiger partial charge < -0.3 is 0 Å². The first-order valence-electron chi connectivity index (χ1n) is 22.3. The summed E-state index contributed by atoms with van der Waals surface area (Å²) in [5.41, 5.74) is 20.1. The Kier molecular flexibility index (Phi) is 9.11. The van der Waals surface area contributed by atoms with Crippen LogP contribution in [0.5, 0.6) is 0 Å². The van der Waals surface area contributed by atoms with Gasteiger partial charge in [-0.05, 0) is 163 Å². The lowest BCUT2D eigenvalue weighted by molar-refractivity contribution is 0.673. The standard InChI is InChI=1S/C61H45NO/c63-61-56-22-12-11-21-55(56)59-39-45(44-23-24-47-36-48(33-40-13-3-1-4-14-40)52-19-9-10-20-54(52)57(47)37-44)28-32-60(59)62(61)50-29-25-42(26-30-50)43-27-31-53-49(34-41-15-5-2-6-16-41)35-46-17-7-8-18-51(46)58(53)38-43/h1-32,37-39,48-49H,33-36H2. The molecule has 0 amide bonds. The molecule has 12 rings (SSSR count). The summed E-state index contributed by atoms with van der Waals surface area (Å²) in [4.78, 5) is 14.5. The Balaban J connectivity index is 0.904. The highest BCUT2D eigenvalue weighted by Crippen LogP contribution is 2.45. The average Bonchev–Trinajstić information content (AvgIpc) is 3.35. The van der Waals surface area contributed by atoms with Crippen LogP contribution in [0.2, 0.25) is 0 Å². The first-order valence-corrected chi connectivity index (χ1v) is 22.3. The summed E-state index contributed by atoms with van der Waals surface area (Å²) < 4.78 is 1.90. The van der Waals surface area contributed by atoms with Gasteiger partial charge in [0.15, 0.2) is 0 Å².